The maximum Gasteiger partial charge on any atom is 0.304 e. The molecule has 0 spiro atoms. The highest BCUT2D eigenvalue weighted by atomic mass is 16.5. The molecule has 0 bridgehead atoms. The third kappa shape index (κ3) is 3.76. The number of nitrogens with zero attached hydrogens (tertiary/aromatic N) is 1. The first-order chi connectivity index (χ1) is 7.52. The number of rotatable bonds is 6. The lowest BCUT2D eigenvalue weighted by Gasteiger charge is -2.35. The molecule has 94 valence electrons. The summed E-state index contributed by atoms with van der Waals surface area (Å²) in [6.07, 6.45) is 1.31. The molecule has 1 heterocycles. The van der Waals surface area contributed by atoms with E-state index >= 15 is 0 Å². The second-order valence-electron chi connectivity index (χ2n) is 4.84. The van der Waals surface area contributed by atoms with Gasteiger partial charge in [0.15, 0.2) is 0 Å². The van der Waals surface area contributed by atoms with E-state index in [4.69, 9.17) is 9.84 Å². The molecule has 16 heavy (non-hydrogen) atoms. The molecule has 1 N–H and O–H groups in total. The number of hydrogen-bond donors (Lipinski definition) is 1. The molecule has 0 aromatic heterocycles. The predicted molar refractivity (Wildman–Crippen MR) is 62.5 cm³/mol. The zero-order valence-electron chi connectivity index (χ0n) is 10.5. The summed E-state index contributed by atoms with van der Waals surface area (Å²) in [4.78, 5) is 12.9. The number of carbonyl (C=O) groups is 1. The highest BCUT2D eigenvalue weighted by molar-refractivity contribution is 5.66. The smallest absolute Gasteiger partial charge is 0.304 e. The van der Waals surface area contributed by atoms with E-state index in [2.05, 4.69) is 25.7 Å². The standard InChI is InChI=1S/C12H23NO3/c1-9(2)13(6-4-12(14)15)10(3)11-5-7-16-8-11/h9-11H,4-8H2,1-3H3,(H,14,15). The van der Waals surface area contributed by atoms with Gasteiger partial charge < -0.3 is 9.84 Å². The quantitative estimate of drug-likeness (QED) is 0.751. The lowest BCUT2D eigenvalue weighted by molar-refractivity contribution is -0.137. The normalized spacial score (nSPS) is 22.9. The molecule has 2 atom stereocenters. The Labute approximate surface area is 97.6 Å². The van der Waals surface area contributed by atoms with Gasteiger partial charge in [-0.1, -0.05) is 0 Å². The second-order valence-corrected chi connectivity index (χ2v) is 4.84. The summed E-state index contributed by atoms with van der Waals surface area (Å²) in [6, 6.07) is 0.789. The van der Waals surface area contributed by atoms with Gasteiger partial charge in [-0.25, -0.2) is 0 Å². The number of aliphatic carboxylic acids is 1. The highest BCUT2D eigenvalue weighted by Gasteiger charge is 2.28. The van der Waals surface area contributed by atoms with Crippen LogP contribution in [0, 0.1) is 5.92 Å². The van der Waals surface area contributed by atoms with Crippen molar-refractivity contribution in [2.45, 2.75) is 45.7 Å². The minimum absolute atomic E-state index is 0.218. The zero-order valence-corrected chi connectivity index (χ0v) is 10.5. The Kier molecular flexibility index (Phi) is 5.22. The van der Waals surface area contributed by atoms with Crippen molar-refractivity contribution in [3.05, 3.63) is 0 Å². The van der Waals surface area contributed by atoms with E-state index in [1.807, 2.05) is 0 Å². The number of ether oxygens (including phenoxy) is 1. The molecule has 0 aromatic carbocycles. The summed E-state index contributed by atoms with van der Waals surface area (Å²) in [5, 5.41) is 8.74. The van der Waals surface area contributed by atoms with Crippen LogP contribution in [-0.2, 0) is 9.53 Å². The van der Waals surface area contributed by atoms with E-state index in [1.165, 1.54) is 0 Å². The van der Waals surface area contributed by atoms with E-state index < -0.39 is 5.97 Å². The van der Waals surface area contributed by atoms with E-state index in [0.29, 0.717) is 24.5 Å². The number of carboxylic acids is 1. The minimum atomic E-state index is -0.722. The Balaban J connectivity index is 2.50. The third-order valence-electron chi connectivity index (χ3n) is 3.42. The molecule has 1 aliphatic rings. The summed E-state index contributed by atoms with van der Waals surface area (Å²) < 4.78 is 5.39. The first-order valence-corrected chi connectivity index (χ1v) is 6.07. The first kappa shape index (κ1) is 13.5. The van der Waals surface area contributed by atoms with Gasteiger partial charge in [0.2, 0.25) is 0 Å². The molecule has 0 saturated carbocycles. The van der Waals surface area contributed by atoms with Crippen LogP contribution in [0.25, 0.3) is 0 Å². The van der Waals surface area contributed by atoms with Crippen LogP contribution in [0.5, 0.6) is 0 Å². The number of carboxylic acid groups (broad SMARTS) is 1. The van der Waals surface area contributed by atoms with Crippen molar-refractivity contribution in [1.82, 2.24) is 4.90 Å². The summed E-state index contributed by atoms with van der Waals surface area (Å²) >= 11 is 0. The van der Waals surface area contributed by atoms with Crippen LogP contribution in [0.2, 0.25) is 0 Å². The van der Waals surface area contributed by atoms with Gasteiger partial charge in [0.25, 0.3) is 0 Å². The maximum atomic E-state index is 10.6. The summed E-state index contributed by atoms with van der Waals surface area (Å²) in [5.41, 5.74) is 0. The predicted octanol–water partition coefficient (Wildman–Crippen LogP) is 1.60. The lowest BCUT2D eigenvalue weighted by Crippen LogP contribution is -2.44. The van der Waals surface area contributed by atoms with Crippen molar-refractivity contribution in [3.63, 3.8) is 0 Å². The first-order valence-electron chi connectivity index (χ1n) is 6.07. The molecule has 4 heteroatoms. The van der Waals surface area contributed by atoms with Crippen LogP contribution in [0.1, 0.15) is 33.6 Å². The molecule has 2 unspecified atom stereocenters. The number of hydrogen-bond acceptors (Lipinski definition) is 3. The van der Waals surface area contributed by atoms with Crippen LogP contribution in [0.3, 0.4) is 0 Å². The van der Waals surface area contributed by atoms with Gasteiger partial charge in [0.05, 0.1) is 13.0 Å². The van der Waals surface area contributed by atoms with Crippen LogP contribution in [0.15, 0.2) is 0 Å². The summed E-state index contributed by atoms with van der Waals surface area (Å²) in [5.74, 6) is -0.170. The summed E-state index contributed by atoms with van der Waals surface area (Å²) in [7, 11) is 0. The molecule has 0 radical (unpaired) electrons. The molecule has 0 aliphatic carbocycles. The third-order valence-corrected chi connectivity index (χ3v) is 3.42. The Morgan fingerprint density at radius 3 is 2.62 bits per heavy atom. The van der Waals surface area contributed by atoms with Gasteiger partial charge in [-0.15, -0.1) is 0 Å². The lowest BCUT2D eigenvalue weighted by atomic mass is 9.98. The van der Waals surface area contributed by atoms with Crippen molar-refractivity contribution in [2.75, 3.05) is 19.8 Å². The zero-order chi connectivity index (χ0) is 12.1. The Hall–Kier alpha value is -0.610. The fourth-order valence-electron chi connectivity index (χ4n) is 2.36. The van der Waals surface area contributed by atoms with Crippen molar-refractivity contribution in [1.29, 1.82) is 0 Å². The van der Waals surface area contributed by atoms with Gasteiger partial charge in [-0.05, 0) is 33.1 Å². The molecular formula is C12H23NO3. The van der Waals surface area contributed by atoms with Crippen LogP contribution < -0.4 is 0 Å². The molecule has 0 amide bonds. The van der Waals surface area contributed by atoms with E-state index in [9.17, 15) is 4.79 Å². The van der Waals surface area contributed by atoms with Gasteiger partial charge >= 0.3 is 5.97 Å². The van der Waals surface area contributed by atoms with Gasteiger partial charge in [0, 0.05) is 25.2 Å². The molecular weight excluding hydrogens is 206 g/mol. The van der Waals surface area contributed by atoms with Gasteiger partial charge in [0.1, 0.15) is 0 Å². The van der Waals surface area contributed by atoms with Crippen LogP contribution in [0.4, 0.5) is 0 Å². The average Bonchev–Trinajstić information content (AvgIpc) is 2.69. The van der Waals surface area contributed by atoms with Gasteiger partial charge in [-0.2, -0.15) is 0 Å². The van der Waals surface area contributed by atoms with Gasteiger partial charge in [-0.3, -0.25) is 9.69 Å². The molecule has 1 aliphatic heterocycles. The Morgan fingerprint density at radius 2 is 2.19 bits per heavy atom. The monoisotopic (exact) mass is 229 g/mol. The molecule has 1 rings (SSSR count). The van der Waals surface area contributed by atoms with E-state index in [1.54, 1.807) is 0 Å². The summed E-state index contributed by atoms with van der Waals surface area (Å²) in [6.45, 7) is 8.71. The fourth-order valence-corrected chi connectivity index (χ4v) is 2.36. The molecule has 1 saturated heterocycles. The van der Waals surface area contributed by atoms with Crippen molar-refractivity contribution < 1.29 is 14.6 Å². The second kappa shape index (κ2) is 6.21. The minimum Gasteiger partial charge on any atom is -0.481 e. The van der Waals surface area contributed by atoms with Crippen molar-refractivity contribution in [2.24, 2.45) is 5.92 Å². The SMILES string of the molecule is CC(C)N(CCC(=O)O)C(C)C1CCOC1. The van der Waals surface area contributed by atoms with E-state index in [-0.39, 0.29) is 6.42 Å². The molecule has 4 nitrogen and oxygen atoms in total. The highest BCUT2D eigenvalue weighted by Crippen LogP contribution is 2.22. The fraction of sp³-hybridized carbons (Fsp3) is 0.917. The Morgan fingerprint density at radius 1 is 1.50 bits per heavy atom. The van der Waals surface area contributed by atoms with Crippen LogP contribution >= 0.6 is 0 Å². The largest absolute Gasteiger partial charge is 0.481 e. The van der Waals surface area contributed by atoms with E-state index in [0.717, 1.165) is 19.6 Å². The molecule has 1 fully saturated rings. The topological polar surface area (TPSA) is 49.8 Å². The van der Waals surface area contributed by atoms with Crippen LogP contribution in [-0.4, -0.2) is 47.8 Å². The van der Waals surface area contributed by atoms with Crippen molar-refractivity contribution in [3.8, 4) is 0 Å². The average molecular weight is 229 g/mol. The Bertz CT molecular complexity index is 224. The van der Waals surface area contributed by atoms with Crippen molar-refractivity contribution >= 4 is 5.97 Å². The molecule has 0 aromatic rings. The maximum absolute atomic E-state index is 10.6.